The van der Waals surface area contributed by atoms with Gasteiger partial charge in [0.1, 0.15) is 0 Å². The van der Waals surface area contributed by atoms with Crippen molar-refractivity contribution in [1.29, 1.82) is 0 Å². The lowest BCUT2D eigenvalue weighted by molar-refractivity contribution is -0.218. The van der Waals surface area contributed by atoms with Crippen molar-refractivity contribution in [1.82, 2.24) is 0 Å². The molecule has 1 unspecified atom stereocenters. The van der Waals surface area contributed by atoms with Gasteiger partial charge in [0, 0.05) is 12.8 Å². The Morgan fingerprint density at radius 2 is 1.93 bits per heavy atom. The van der Waals surface area contributed by atoms with E-state index in [1.54, 1.807) is 0 Å². The van der Waals surface area contributed by atoms with Crippen LogP contribution in [0.2, 0.25) is 0 Å². The van der Waals surface area contributed by atoms with Gasteiger partial charge in [-0.15, -0.1) is 0 Å². The van der Waals surface area contributed by atoms with E-state index in [-0.39, 0.29) is 0 Å². The van der Waals surface area contributed by atoms with Gasteiger partial charge >= 0.3 is 0 Å². The van der Waals surface area contributed by atoms with Crippen molar-refractivity contribution in [2.75, 3.05) is 19.8 Å². The molecule has 1 saturated heterocycles. The molecule has 1 aliphatic heterocycles. The third kappa shape index (κ3) is 1.93. The van der Waals surface area contributed by atoms with E-state index in [9.17, 15) is 5.11 Å². The Bertz CT molecular complexity index is 200. The van der Waals surface area contributed by atoms with Crippen molar-refractivity contribution in [3.63, 3.8) is 0 Å². The van der Waals surface area contributed by atoms with Crippen molar-refractivity contribution in [3.8, 4) is 0 Å². The first-order chi connectivity index (χ1) is 6.68. The van der Waals surface area contributed by atoms with Gasteiger partial charge < -0.3 is 20.3 Å². The molecular weight excluding hydrogens is 182 g/mol. The minimum atomic E-state index is -0.669. The molecule has 1 spiro atoms. The topological polar surface area (TPSA) is 64.7 Å². The summed E-state index contributed by atoms with van der Waals surface area (Å²) in [4.78, 5) is 0. The summed E-state index contributed by atoms with van der Waals surface area (Å²) in [6.45, 7) is 1.82. The smallest absolute Gasteiger partial charge is 0.171 e. The first-order valence-corrected chi connectivity index (χ1v) is 5.39. The predicted molar refractivity (Wildman–Crippen MR) is 51.7 cm³/mol. The Morgan fingerprint density at radius 1 is 1.21 bits per heavy atom. The van der Waals surface area contributed by atoms with Crippen LogP contribution in [0.1, 0.15) is 32.1 Å². The normalized spacial score (nSPS) is 36.4. The highest BCUT2D eigenvalue weighted by Crippen LogP contribution is 2.41. The summed E-state index contributed by atoms with van der Waals surface area (Å²) >= 11 is 0. The van der Waals surface area contributed by atoms with Crippen LogP contribution in [0.15, 0.2) is 0 Å². The van der Waals surface area contributed by atoms with E-state index in [0.717, 1.165) is 19.3 Å². The first-order valence-electron chi connectivity index (χ1n) is 5.39. The van der Waals surface area contributed by atoms with Crippen LogP contribution in [-0.2, 0) is 9.47 Å². The van der Waals surface area contributed by atoms with Crippen LogP contribution in [0.25, 0.3) is 0 Å². The predicted octanol–water partition coefficient (Wildman–Crippen LogP) is 0.383. The monoisotopic (exact) mass is 201 g/mol. The number of hydrogen-bond acceptors (Lipinski definition) is 4. The van der Waals surface area contributed by atoms with Gasteiger partial charge in [0.05, 0.1) is 18.8 Å². The maximum atomic E-state index is 10.3. The van der Waals surface area contributed by atoms with Crippen molar-refractivity contribution in [3.05, 3.63) is 0 Å². The summed E-state index contributed by atoms with van der Waals surface area (Å²) in [7, 11) is 0. The highest BCUT2D eigenvalue weighted by atomic mass is 16.7. The fourth-order valence-electron chi connectivity index (χ4n) is 2.59. The Labute approximate surface area is 84.4 Å². The van der Waals surface area contributed by atoms with Crippen molar-refractivity contribution in [2.45, 2.75) is 43.5 Å². The van der Waals surface area contributed by atoms with Gasteiger partial charge in [0.2, 0.25) is 0 Å². The molecule has 1 heterocycles. The second-order valence-electron chi connectivity index (χ2n) is 4.40. The molecule has 1 atom stereocenters. The van der Waals surface area contributed by atoms with E-state index in [2.05, 4.69) is 0 Å². The van der Waals surface area contributed by atoms with E-state index < -0.39 is 11.4 Å². The van der Waals surface area contributed by atoms with E-state index in [1.165, 1.54) is 0 Å². The van der Waals surface area contributed by atoms with Crippen LogP contribution >= 0.6 is 0 Å². The largest absolute Gasteiger partial charge is 0.390 e. The summed E-state index contributed by atoms with van der Waals surface area (Å²) < 4.78 is 11.2. The minimum Gasteiger partial charge on any atom is -0.390 e. The van der Waals surface area contributed by atoms with Gasteiger partial charge in [0.15, 0.2) is 5.79 Å². The van der Waals surface area contributed by atoms with Crippen LogP contribution in [-0.4, -0.2) is 36.3 Å². The molecule has 2 aliphatic rings. The van der Waals surface area contributed by atoms with E-state index in [0.29, 0.717) is 32.6 Å². The molecule has 1 aliphatic carbocycles. The van der Waals surface area contributed by atoms with Crippen LogP contribution < -0.4 is 5.73 Å². The third-order valence-corrected chi connectivity index (χ3v) is 3.22. The van der Waals surface area contributed by atoms with Crippen LogP contribution in [0, 0.1) is 0 Å². The molecule has 2 fully saturated rings. The Balaban J connectivity index is 2.02. The van der Waals surface area contributed by atoms with Crippen LogP contribution in [0.5, 0.6) is 0 Å². The quantitative estimate of drug-likeness (QED) is 0.678. The van der Waals surface area contributed by atoms with Gasteiger partial charge in [-0.05, 0) is 25.8 Å². The number of rotatable bonds is 2. The highest BCUT2D eigenvalue weighted by molar-refractivity contribution is 4.93. The molecule has 3 N–H and O–H groups in total. The lowest BCUT2D eigenvalue weighted by Gasteiger charge is -2.41. The summed E-state index contributed by atoms with van der Waals surface area (Å²) in [5.74, 6) is -0.498. The molecule has 1 saturated carbocycles. The standard InChI is InChI=1S/C10H19NO3/c11-5-4-9(12)2-1-3-10(8-9)13-6-7-14-10/h12H,1-8,11H2. The Kier molecular flexibility index (Phi) is 2.79. The maximum absolute atomic E-state index is 10.3. The SMILES string of the molecule is NCCC1(O)CCCC2(C1)OCCO2. The second-order valence-corrected chi connectivity index (χ2v) is 4.40. The molecule has 0 aromatic carbocycles. The average Bonchev–Trinajstić information content (AvgIpc) is 2.52. The van der Waals surface area contributed by atoms with E-state index in [4.69, 9.17) is 15.2 Å². The van der Waals surface area contributed by atoms with Crippen molar-refractivity contribution >= 4 is 0 Å². The fraction of sp³-hybridized carbons (Fsp3) is 1.00. The zero-order chi connectivity index (χ0) is 10.1. The molecule has 0 radical (unpaired) electrons. The molecule has 0 bridgehead atoms. The lowest BCUT2D eigenvalue weighted by Crippen LogP contribution is -2.47. The Hall–Kier alpha value is -0.160. The number of aliphatic hydroxyl groups is 1. The zero-order valence-electron chi connectivity index (χ0n) is 8.50. The van der Waals surface area contributed by atoms with E-state index in [1.807, 2.05) is 0 Å². The lowest BCUT2D eigenvalue weighted by atomic mass is 9.79. The fourth-order valence-corrected chi connectivity index (χ4v) is 2.59. The molecule has 82 valence electrons. The molecule has 14 heavy (non-hydrogen) atoms. The third-order valence-electron chi connectivity index (χ3n) is 3.22. The van der Waals surface area contributed by atoms with E-state index >= 15 is 0 Å². The second kappa shape index (κ2) is 3.77. The van der Waals surface area contributed by atoms with Crippen molar-refractivity contribution in [2.24, 2.45) is 5.73 Å². The van der Waals surface area contributed by atoms with Crippen LogP contribution in [0.3, 0.4) is 0 Å². The summed E-state index contributed by atoms with van der Waals surface area (Å²) in [5, 5.41) is 10.3. The van der Waals surface area contributed by atoms with Gasteiger partial charge in [0.25, 0.3) is 0 Å². The summed E-state index contributed by atoms with van der Waals surface area (Å²) in [6.07, 6.45) is 3.90. The Morgan fingerprint density at radius 3 is 2.57 bits per heavy atom. The number of hydrogen-bond donors (Lipinski definition) is 2. The number of ether oxygens (including phenoxy) is 2. The van der Waals surface area contributed by atoms with Gasteiger partial charge in [-0.1, -0.05) is 0 Å². The molecule has 2 rings (SSSR count). The molecular formula is C10H19NO3. The van der Waals surface area contributed by atoms with Crippen molar-refractivity contribution < 1.29 is 14.6 Å². The highest BCUT2D eigenvalue weighted by Gasteiger charge is 2.47. The molecule has 0 amide bonds. The molecule has 4 nitrogen and oxygen atoms in total. The molecule has 4 heteroatoms. The van der Waals surface area contributed by atoms with Gasteiger partial charge in [-0.25, -0.2) is 0 Å². The molecule has 0 aromatic heterocycles. The summed E-state index contributed by atoms with van der Waals surface area (Å²) in [6, 6.07) is 0. The average molecular weight is 201 g/mol. The molecule has 0 aromatic rings. The van der Waals surface area contributed by atoms with Gasteiger partial charge in [-0.3, -0.25) is 0 Å². The van der Waals surface area contributed by atoms with Gasteiger partial charge in [-0.2, -0.15) is 0 Å². The maximum Gasteiger partial charge on any atom is 0.171 e. The minimum absolute atomic E-state index is 0.498. The zero-order valence-corrected chi connectivity index (χ0v) is 8.50. The summed E-state index contributed by atoms with van der Waals surface area (Å²) in [5.41, 5.74) is 4.82. The number of nitrogens with two attached hydrogens (primary N) is 1. The van der Waals surface area contributed by atoms with Crippen LogP contribution in [0.4, 0.5) is 0 Å². The first kappa shape index (κ1) is 10.4.